The molecular formula is C16H21FN2O5S. The summed E-state index contributed by atoms with van der Waals surface area (Å²) >= 11 is 0. The molecule has 0 saturated carbocycles. The van der Waals surface area contributed by atoms with Crippen molar-refractivity contribution in [3.63, 3.8) is 0 Å². The Bertz CT molecular complexity index is 721. The lowest BCUT2D eigenvalue weighted by Gasteiger charge is -2.33. The number of piperidine rings is 1. The number of carbonyl (C=O) groups excluding carboxylic acids is 1. The molecule has 1 aromatic carbocycles. The molecule has 2 N–H and O–H groups in total. The smallest absolute Gasteiger partial charge is 0.303 e. The molecule has 138 valence electrons. The number of hydrogen-bond acceptors (Lipinski definition) is 4. The molecule has 0 aliphatic carbocycles. The van der Waals surface area contributed by atoms with Crippen LogP contribution in [-0.4, -0.2) is 48.8 Å². The van der Waals surface area contributed by atoms with Crippen molar-refractivity contribution in [2.75, 3.05) is 13.1 Å². The van der Waals surface area contributed by atoms with Gasteiger partial charge in [0.05, 0.1) is 4.90 Å². The van der Waals surface area contributed by atoms with Gasteiger partial charge >= 0.3 is 5.97 Å². The molecule has 2 rings (SSSR count). The summed E-state index contributed by atoms with van der Waals surface area (Å²) in [6.45, 7) is 0.388. The number of sulfonamides is 1. The summed E-state index contributed by atoms with van der Waals surface area (Å²) in [6, 6.07) is 3.66. The second-order valence-electron chi connectivity index (χ2n) is 5.87. The molecule has 1 aliphatic heterocycles. The van der Waals surface area contributed by atoms with E-state index in [1.807, 2.05) is 0 Å². The van der Waals surface area contributed by atoms with Crippen LogP contribution in [0.25, 0.3) is 0 Å². The molecule has 0 bridgehead atoms. The number of hydrogen-bond donors (Lipinski definition) is 2. The van der Waals surface area contributed by atoms with Crippen molar-refractivity contribution < 1.29 is 27.5 Å². The monoisotopic (exact) mass is 372 g/mol. The maximum absolute atomic E-state index is 13.0. The quantitative estimate of drug-likeness (QED) is 0.703. The molecule has 1 saturated heterocycles. The number of carbonyl (C=O) groups is 2. The first-order valence-electron chi connectivity index (χ1n) is 8.09. The molecule has 1 aliphatic rings. The van der Waals surface area contributed by atoms with Crippen LogP contribution >= 0.6 is 0 Å². The molecular weight excluding hydrogens is 351 g/mol. The van der Waals surface area contributed by atoms with Gasteiger partial charge in [0.2, 0.25) is 15.9 Å². The maximum atomic E-state index is 13.0. The first kappa shape index (κ1) is 19.3. The van der Waals surface area contributed by atoms with Gasteiger partial charge in [-0.3, -0.25) is 9.59 Å². The summed E-state index contributed by atoms with van der Waals surface area (Å²) in [7, 11) is -3.91. The van der Waals surface area contributed by atoms with E-state index >= 15 is 0 Å². The molecule has 9 heteroatoms. The molecule has 7 nitrogen and oxygen atoms in total. The predicted molar refractivity (Wildman–Crippen MR) is 87.8 cm³/mol. The fourth-order valence-electron chi connectivity index (χ4n) is 2.77. The lowest BCUT2D eigenvalue weighted by molar-refractivity contribution is -0.137. The van der Waals surface area contributed by atoms with Gasteiger partial charge in [0.15, 0.2) is 0 Å². The van der Waals surface area contributed by atoms with Gasteiger partial charge < -0.3 is 10.4 Å². The maximum Gasteiger partial charge on any atom is 0.303 e. The van der Waals surface area contributed by atoms with Crippen molar-refractivity contribution in [3.05, 3.63) is 30.1 Å². The molecule has 1 aromatic rings. The van der Waals surface area contributed by atoms with Crippen LogP contribution in [0.2, 0.25) is 0 Å². The van der Waals surface area contributed by atoms with E-state index in [-0.39, 0.29) is 30.8 Å². The zero-order valence-corrected chi connectivity index (χ0v) is 14.5. The summed E-state index contributed by atoms with van der Waals surface area (Å²) in [5.41, 5.74) is 0. The largest absolute Gasteiger partial charge is 0.481 e. The second-order valence-corrected chi connectivity index (χ2v) is 7.76. The van der Waals surface area contributed by atoms with Crippen LogP contribution in [0.4, 0.5) is 4.39 Å². The zero-order valence-electron chi connectivity index (χ0n) is 13.7. The van der Waals surface area contributed by atoms with Gasteiger partial charge in [-0.2, -0.15) is 4.31 Å². The van der Waals surface area contributed by atoms with E-state index < -0.39 is 33.8 Å². The molecule has 1 amide bonds. The van der Waals surface area contributed by atoms with Gasteiger partial charge in [0.25, 0.3) is 0 Å². The van der Waals surface area contributed by atoms with Crippen LogP contribution < -0.4 is 5.32 Å². The number of aliphatic carboxylic acids is 1. The minimum absolute atomic E-state index is 0.0560. The number of carboxylic acids is 1. The highest BCUT2D eigenvalue weighted by atomic mass is 32.2. The van der Waals surface area contributed by atoms with Crippen molar-refractivity contribution in [1.82, 2.24) is 9.62 Å². The summed E-state index contributed by atoms with van der Waals surface area (Å²) < 4.78 is 39.7. The average molecular weight is 372 g/mol. The van der Waals surface area contributed by atoms with Crippen molar-refractivity contribution in [1.29, 1.82) is 0 Å². The fraction of sp³-hybridized carbons (Fsp3) is 0.500. The van der Waals surface area contributed by atoms with E-state index in [0.717, 1.165) is 22.9 Å². The predicted octanol–water partition coefficient (Wildman–Crippen LogP) is 1.35. The standard InChI is InChI=1S/C16H21FN2O5S/c17-12-6-8-13(9-7-12)25(23,24)19-11-2-1-4-14(19)16(22)18-10-3-5-15(20)21/h6-9,14H,1-5,10-11H2,(H,18,22)(H,20,21). The number of nitrogens with zero attached hydrogens (tertiary/aromatic N) is 1. The zero-order chi connectivity index (χ0) is 18.4. The van der Waals surface area contributed by atoms with Gasteiger partial charge in [0.1, 0.15) is 11.9 Å². The highest BCUT2D eigenvalue weighted by molar-refractivity contribution is 7.89. The van der Waals surface area contributed by atoms with Crippen LogP contribution in [-0.2, 0) is 19.6 Å². The molecule has 1 unspecified atom stereocenters. The first-order valence-corrected chi connectivity index (χ1v) is 9.53. The van der Waals surface area contributed by atoms with Crippen LogP contribution in [0.3, 0.4) is 0 Å². The van der Waals surface area contributed by atoms with Gasteiger partial charge in [-0.05, 0) is 43.5 Å². The lowest BCUT2D eigenvalue weighted by atomic mass is 10.0. The highest BCUT2D eigenvalue weighted by Crippen LogP contribution is 2.25. The normalized spacial score (nSPS) is 18.7. The Morgan fingerprint density at radius 2 is 1.92 bits per heavy atom. The lowest BCUT2D eigenvalue weighted by Crippen LogP contribution is -2.51. The Labute approximate surface area is 145 Å². The van der Waals surface area contributed by atoms with Gasteiger partial charge in [-0.15, -0.1) is 0 Å². The minimum Gasteiger partial charge on any atom is -0.481 e. The molecule has 0 spiro atoms. The van der Waals surface area contributed by atoms with E-state index in [0.29, 0.717) is 12.8 Å². The van der Waals surface area contributed by atoms with E-state index in [1.54, 1.807) is 0 Å². The second kappa shape index (κ2) is 8.39. The third-order valence-electron chi connectivity index (χ3n) is 4.04. The van der Waals surface area contributed by atoms with Crippen molar-refractivity contribution >= 4 is 21.9 Å². The minimum atomic E-state index is -3.91. The van der Waals surface area contributed by atoms with Gasteiger partial charge in [-0.1, -0.05) is 6.42 Å². The van der Waals surface area contributed by atoms with E-state index in [1.165, 1.54) is 12.1 Å². The van der Waals surface area contributed by atoms with E-state index in [2.05, 4.69) is 5.32 Å². The summed E-state index contributed by atoms with van der Waals surface area (Å²) in [4.78, 5) is 22.8. The molecule has 0 radical (unpaired) electrons. The van der Waals surface area contributed by atoms with Crippen molar-refractivity contribution in [3.8, 4) is 0 Å². The summed E-state index contributed by atoms with van der Waals surface area (Å²) in [6.07, 6.45) is 1.97. The van der Waals surface area contributed by atoms with Gasteiger partial charge in [-0.25, -0.2) is 12.8 Å². The third-order valence-corrected chi connectivity index (χ3v) is 5.97. The fourth-order valence-corrected chi connectivity index (χ4v) is 4.42. The van der Waals surface area contributed by atoms with Crippen LogP contribution in [0.1, 0.15) is 32.1 Å². The Balaban J connectivity index is 2.10. The Hall–Kier alpha value is -2.00. The number of halogens is 1. The Morgan fingerprint density at radius 3 is 2.56 bits per heavy atom. The average Bonchev–Trinajstić information content (AvgIpc) is 2.58. The SMILES string of the molecule is O=C(O)CCCNC(=O)C1CCCCN1S(=O)(=O)c1ccc(F)cc1. The molecule has 1 atom stereocenters. The third kappa shape index (κ3) is 4.99. The van der Waals surface area contributed by atoms with Crippen molar-refractivity contribution in [2.24, 2.45) is 0 Å². The molecule has 1 heterocycles. The highest BCUT2D eigenvalue weighted by Gasteiger charge is 2.37. The summed E-state index contributed by atoms with van der Waals surface area (Å²) in [5.74, 6) is -1.92. The molecule has 0 aromatic heterocycles. The van der Waals surface area contributed by atoms with E-state index in [4.69, 9.17) is 5.11 Å². The topological polar surface area (TPSA) is 104 Å². The molecule has 25 heavy (non-hydrogen) atoms. The van der Waals surface area contributed by atoms with Crippen molar-refractivity contribution in [2.45, 2.75) is 43.0 Å². The summed E-state index contributed by atoms with van der Waals surface area (Å²) in [5, 5.41) is 11.2. The number of rotatable bonds is 7. The van der Waals surface area contributed by atoms with Gasteiger partial charge in [0, 0.05) is 19.5 Å². The van der Waals surface area contributed by atoms with Crippen LogP contribution in [0.15, 0.2) is 29.2 Å². The Kier molecular flexibility index (Phi) is 6.49. The van der Waals surface area contributed by atoms with Crippen LogP contribution in [0.5, 0.6) is 0 Å². The first-order chi connectivity index (χ1) is 11.8. The number of amides is 1. The number of benzene rings is 1. The molecule has 1 fully saturated rings. The number of carboxylic acid groups (broad SMARTS) is 1. The van der Waals surface area contributed by atoms with E-state index in [9.17, 15) is 22.4 Å². The van der Waals surface area contributed by atoms with Crippen LogP contribution in [0, 0.1) is 5.82 Å². The Morgan fingerprint density at radius 1 is 1.24 bits per heavy atom. The number of nitrogens with one attached hydrogen (secondary N) is 1.